The van der Waals surface area contributed by atoms with E-state index in [4.69, 9.17) is 21.4 Å². The zero-order valence-corrected chi connectivity index (χ0v) is 13.3. The number of hydrogen-bond donors (Lipinski definition) is 0. The highest BCUT2D eigenvalue weighted by atomic mass is 35.5. The van der Waals surface area contributed by atoms with Gasteiger partial charge in [0.1, 0.15) is 17.3 Å². The molecule has 2 aromatic heterocycles. The summed E-state index contributed by atoms with van der Waals surface area (Å²) in [7, 11) is 1.47. The summed E-state index contributed by atoms with van der Waals surface area (Å²) in [5, 5.41) is 13.5. The van der Waals surface area contributed by atoms with Gasteiger partial charge >= 0.3 is 5.69 Å². The van der Waals surface area contributed by atoms with E-state index in [0.717, 1.165) is 10.1 Å². The minimum Gasteiger partial charge on any atom is -0.359 e. The molecule has 0 saturated heterocycles. The van der Waals surface area contributed by atoms with Crippen molar-refractivity contribution in [1.82, 2.24) is 14.3 Å². The van der Waals surface area contributed by atoms with Gasteiger partial charge in [0.05, 0.1) is 6.54 Å². The molecule has 0 atom stereocenters. The molecule has 8 heteroatoms. The van der Waals surface area contributed by atoms with Gasteiger partial charge in [-0.1, -0.05) is 28.9 Å². The second-order valence-corrected chi connectivity index (χ2v) is 5.56. The van der Waals surface area contributed by atoms with Crippen LogP contribution in [0.1, 0.15) is 11.3 Å². The zero-order valence-electron chi connectivity index (χ0n) is 12.6. The van der Waals surface area contributed by atoms with Gasteiger partial charge in [-0.05, 0) is 12.1 Å². The van der Waals surface area contributed by atoms with E-state index in [1.807, 2.05) is 0 Å². The summed E-state index contributed by atoms with van der Waals surface area (Å²) in [5.41, 5.74) is 0.0337. The van der Waals surface area contributed by atoms with E-state index in [1.54, 1.807) is 36.4 Å². The van der Waals surface area contributed by atoms with Crippen molar-refractivity contribution < 1.29 is 4.52 Å². The minimum atomic E-state index is -0.662. The summed E-state index contributed by atoms with van der Waals surface area (Å²) >= 11 is 5.84. The third-order valence-corrected chi connectivity index (χ3v) is 3.72. The van der Waals surface area contributed by atoms with Gasteiger partial charge in [0.25, 0.3) is 5.56 Å². The molecule has 1 aromatic carbocycles. The molecule has 0 spiro atoms. The number of benzene rings is 1. The first-order valence-corrected chi connectivity index (χ1v) is 7.29. The quantitative estimate of drug-likeness (QED) is 0.723. The maximum Gasteiger partial charge on any atom is 0.331 e. The predicted octanol–water partition coefficient (Wildman–Crippen LogP) is 1.78. The Labute approximate surface area is 140 Å². The van der Waals surface area contributed by atoms with Gasteiger partial charge in [0, 0.05) is 29.9 Å². The van der Waals surface area contributed by atoms with Gasteiger partial charge in [0.2, 0.25) is 0 Å². The maximum absolute atomic E-state index is 12.1. The number of aryl methyl sites for hydroxylation is 1. The normalized spacial score (nSPS) is 10.5. The molecule has 0 fully saturated rings. The standard InChI is InChI=1S/C16H11ClN4O3/c1-20-8-11(7-18)15(22)21(16(20)23)9-13-6-14(19-24-13)10-2-4-12(17)5-3-10/h2-6,8H,9H2,1H3. The number of rotatable bonds is 3. The van der Waals surface area contributed by atoms with Gasteiger partial charge in [0.15, 0.2) is 5.76 Å². The maximum atomic E-state index is 12.1. The second kappa shape index (κ2) is 6.18. The van der Waals surface area contributed by atoms with Crippen LogP contribution in [0.4, 0.5) is 0 Å². The van der Waals surface area contributed by atoms with Crippen LogP contribution in [-0.4, -0.2) is 14.3 Å². The van der Waals surface area contributed by atoms with Crippen molar-refractivity contribution in [3.05, 3.63) is 73.7 Å². The Morgan fingerprint density at radius 2 is 2.00 bits per heavy atom. The first-order valence-electron chi connectivity index (χ1n) is 6.91. The molecule has 3 rings (SSSR count). The Morgan fingerprint density at radius 1 is 1.29 bits per heavy atom. The molecule has 0 aliphatic heterocycles. The van der Waals surface area contributed by atoms with E-state index < -0.39 is 11.2 Å². The molecule has 3 aromatic rings. The van der Waals surface area contributed by atoms with Crippen molar-refractivity contribution in [3.63, 3.8) is 0 Å². The highest BCUT2D eigenvalue weighted by molar-refractivity contribution is 6.30. The molecular formula is C16H11ClN4O3. The molecule has 7 nitrogen and oxygen atoms in total. The molecular weight excluding hydrogens is 332 g/mol. The van der Waals surface area contributed by atoms with Crippen LogP contribution in [0.3, 0.4) is 0 Å². The molecule has 0 radical (unpaired) electrons. The number of halogens is 1. The van der Waals surface area contributed by atoms with Gasteiger partial charge in [-0.2, -0.15) is 5.26 Å². The first-order chi connectivity index (χ1) is 11.5. The van der Waals surface area contributed by atoms with Crippen molar-refractivity contribution in [2.45, 2.75) is 6.54 Å². The van der Waals surface area contributed by atoms with E-state index in [0.29, 0.717) is 16.5 Å². The van der Waals surface area contributed by atoms with Gasteiger partial charge in [-0.3, -0.25) is 9.36 Å². The molecule has 0 aliphatic carbocycles. The van der Waals surface area contributed by atoms with E-state index in [1.165, 1.54) is 17.8 Å². The number of aromatic nitrogens is 3. The van der Waals surface area contributed by atoms with E-state index in [-0.39, 0.29) is 12.1 Å². The molecule has 120 valence electrons. The average molecular weight is 343 g/mol. The highest BCUT2D eigenvalue weighted by Gasteiger charge is 2.13. The van der Waals surface area contributed by atoms with Crippen molar-refractivity contribution in [1.29, 1.82) is 5.26 Å². The number of hydrogen-bond acceptors (Lipinski definition) is 5. The summed E-state index contributed by atoms with van der Waals surface area (Å²) < 4.78 is 7.32. The monoisotopic (exact) mass is 342 g/mol. The Morgan fingerprint density at radius 3 is 2.67 bits per heavy atom. The fraction of sp³-hybridized carbons (Fsp3) is 0.125. The molecule has 0 aliphatic rings. The first kappa shape index (κ1) is 15.8. The lowest BCUT2D eigenvalue weighted by Gasteiger charge is -2.05. The third kappa shape index (κ3) is 2.87. The van der Waals surface area contributed by atoms with Crippen LogP contribution in [0.2, 0.25) is 5.02 Å². The molecule has 0 unspecified atom stereocenters. The smallest absolute Gasteiger partial charge is 0.331 e. The van der Waals surface area contributed by atoms with E-state index in [9.17, 15) is 9.59 Å². The third-order valence-electron chi connectivity index (χ3n) is 3.46. The van der Waals surface area contributed by atoms with Crippen molar-refractivity contribution in [3.8, 4) is 17.3 Å². The van der Waals surface area contributed by atoms with Crippen LogP contribution in [-0.2, 0) is 13.6 Å². The predicted molar refractivity (Wildman–Crippen MR) is 86.7 cm³/mol. The Kier molecular flexibility index (Phi) is 4.06. The second-order valence-electron chi connectivity index (χ2n) is 5.12. The minimum absolute atomic E-state index is 0.110. The zero-order chi connectivity index (χ0) is 17.3. The molecule has 0 saturated carbocycles. The Bertz CT molecular complexity index is 1050. The van der Waals surface area contributed by atoms with Crippen molar-refractivity contribution >= 4 is 11.6 Å². The fourth-order valence-corrected chi connectivity index (χ4v) is 2.37. The largest absolute Gasteiger partial charge is 0.359 e. The molecule has 2 heterocycles. The summed E-state index contributed by atoms with van der Waals surface area (Å²) in [6.07, 6.45) is 1.21. The van der Waals surface area contributed by atoms with E-state index in [2.05, 4.69) is 5.16 Å². The van der Waals surface area contributed by atoms with Crippen LogP contribution in [0, 0.1) is 11.3 Å². The number of nitriles is 1. The lowest BCUT2D eigenvalue weighted by molar-refractivity contribution is 0.373. The van der Waals surface area contributed by atoms with E-state index >= 15 is 0 Å². The topological polar surface area (TPSA) is 93.8 Å². The van der Waals surface area contributed by atoms with Crippen molar-refractivity contribution in [2.24, 2.45) is 7.05 Å². The summed E-state index contributed by atoms with van der Waals surface area (Å²) in [6, 6.07) is 10.4. The Balaban J connectivity index is 1.98. The lowest BCUT2D eigenvalue weighted by Crippen LogP contribution is -2.40. The van der Waals surface area contributed by atoms with Crippen LogP contribution in [0.15, 0.2) is 50.6 Å². The van der Waals surface area contributed by atoms with Crippen LogP contribution >= 0.6 is 11.6 Å². The fourth-order valence-electron chi connectivity index (χ4n) is 2.24. The molecule has 0 bridgehead atoms. The summed E-state index contributed by atoms with van der Waals surface area (Å²) in [4.78, 5) is 24.3. The van der Waals surface area contributed by atoms with Crippen LogP contribution in [0.5, 0.6) is 0 Å². The van der Waals surface area contributed by atoms with Crippen LogP contribution in [0.25, 0.3) is 11.3 Å². The average Bonchev–Trinajstić information content (AvgIpc) is 3.04. The molecule has 0 N–H and O–H groups in total. The highest BCUT2D eigenvalue weighted by Crippen LogP contribution is 2.21. The lowest BCUT2D eigenvalue weighted by atomic mass is 10.1. The van der Waals surface area contributed by atoms with Crippen molar-refractivity contribution in [2.75, 3.05) is 0 Å². The summed E-state index contributed by atoms with van der Waals surface area (Å²) in [5.74, 6) is 0.328. The van der Waals surface area contributed by atoms with Gasteiger partial charge in [-0.25, -0.2) is 4.79 Å². The molecule has 0 amide bonds. The molecule has 24 heavy (non-hydrogen) atoms. The summed E-state index contributed by atoms with van der Waals surface area (Å²) in [6.45, 7) is -0.110. The SMILES string of the molecule is Cn1cc(C#N)c(=O)n(Cc2cc(-c3ccc(Cl)cc3)no2)c1=O. The van der Waals surface area contributed by atoms with Gasteiger partial charge < -0.3 is 9.09 Å². The van der Waals surface area contributed by atoms with Gasteiger partial charge in [-0.15, -0.1) is 0 Å². The Hall–Kier alpha value is -3.11. The van der Waals surface area contributed by atoms with Crippen LogP contribution < -0.4 is 11.2 Å². The number of nitrogens with zero attached hydrogens (tertiary/aromatic N) is 4.